The fourth-order valence-corrected chi connectivity index (χ4v) is 2.05. The Balaban J connectivity index is 2.95. The number of aryl methyl sites for hydroxylation is 1. The van der Waals surface area contributed by atoms with Gasteiger partial charge in [0, 0.05) is 18.0 Å². The lowest BCUT2D eigenvalue weighted by Gasteiger charge is -2.15. The molecule has 16 heavy (non-hydrogen) atoms. The van der Waals surface area contributed by atoms with E-state index >= 15 is 0 Å². The van der Waals surface area contributed by atoms with Crippen LogP contribution in [0.2, 0.25) is 0 Å². The van der Waals surface area contributed by atoms with Crippen LogP contribution < -0.4 is 5.32 Å². The maximum absolute atomic E-state index is 11.1. The third kappa shape index (κ3) is 3.13. The number of carbonyl (C=O) groups is 1. The predicted octanol–water partition coefficient (Wildman–Crippen LogP) is 2.25. The van der Waals surface area contributed by atoms with E-state index in [2.05, 4.69) is 10.3 Å². The number of nitrogens with zero attached hydrogens (tertiary/aromatic N) is 1. The van der Waals surface area contributed by atoms with Crippen LogP contribution in [0.25, 0.3) is 0 Å². The summed E-state index contributed by atoms with van der Waals surface area (Å²) in [6.07, 6.45) is 3.63. The number of pyridine rings is 1. The van der Waals surface area contributed by atoms with E-state index < -0.39 is 5.97 Å². The van der Waals surface area contributed by atoms with Gasteiger partial charge in [0.2, 0.25) is 0 Å². The topological polar surface area (TPSA) is 62.2 Å². The molecule has 2 N–H and O–H groups in total. The summed E-state index contributed by atoms with van der Waals surface area (Å²) in [6, 6.07) is 1.90. The Morgan fingerprint density at radius 2 is 2.38 bits per heavy atom. The van der Waals surface area contributed by atoms with E-state index in [1.807, 2.05) is 13.2 Å². The van der Waals surface area contributed by atoms with Crippen LogP contribution in [0.4, 0.5) is 5.82 Å². The van der Waals surface area contributed by atoms with Gasteiger partial charge in [0.15, 0.2) is 0 Å². The molecule has 0 aliphatic carbocycles. The molecule has 1 heterocycles. The molecule has 0 radical (unpaired) electrons. The third-order valence-corrected chi connectivity index (χ3v) is 3.01. The molecule has 88 valence electrons. The average Bonchev–Trinajstić information content (AvgIpc) is 2.17. The van der Waals surface area contributed by atoms with Crippen LogP contribution in [0, 0.1) is 6.92 Å². The maximum Gasteiger partial charge on any atom is 0.339 e. The number of anilines is 1. The average molecular weight is 240 g/mol. The molecule has 5 heteroatoms. The molecule has 1 aromatic heterocycles. The molecule has 1 atom stereocenters. The first-order valence-corrected chi connectivity index (χ1v) is 6.40. The summed E-state index contributed by atoms with van der Waals surface area (Å²) >= 11 is 1.71. The van der Waals surface area contributed by atoms with Crippen molar-refractivity contribution in [1.82, 2.24) is 4.98 Å². The van der Waals surface area contributed by atoms with Crippen molar-refractivity contribution in [2.24, 2.45) is 0 Å². The first-order chi connectivity index (χ1) is 7.56. The van der Waals surface area contributed by atoms with Gasteiger partial charge in [0.25, 0.3) is 0 Å². The number of thioether (sulfide) groups is 1. The summed E-state index contributed by atoms with van der Waals surface area (Å²) in [5.41, 5.74) is 0.983. The fourth-order valence-electron chi connectivity index (χ4n) is 1.46. The van der Waals surface area contributed by atoms with Crippen molar-refractivity contribution in [1.29, 1.82) is 0 Å². The van der Waals surface area contributed by atoms with Crippen LogP contribution in [0.5, 0.6) is 0 Å². The van der Waals surface area contributed by atoms with Gasteiger partial charge in [-0.25, -0.2) is 9.78 Å². The molecular weight excluding hydrogens is 224 g/mol. The second-order valence-corrected chi connectivity index (χ2v) is 4.57. The lowest BCUT2D eigenvalue weighted by molar-refractivity contribution is 0.0697. The number of nitrogens with one attached hydrogen (secondary N) is 1. The second kappa shape index (κ2) is 5.75. The van der Waals surface area contributed by atoms with Gasteiger partial charge in [-0.05, 0) is 31.7 Å². The molecule has 1 aromatic rings. The molecule has 0 saturated heterocycles. The molecule has 0 bridgehead atoms. The number of carboxylic acid groups (broad SMARTS) is 1. The zero-order valence-electron chi connectivity index (χ0n) is 9.65. The van der Waals surface area contributed by atoms with E-state index in [0.717, 1.165) is 11.3 Å². The highest BCUT2D eigenvalue weighted by Crippen LogP contribution is 2.17. The van der Waals surface area contributed by atoms with Crippen molar-refractivity contribution in [2.75, 3.05) is 17.3 Å². The normalized spacial score (nSPS) is 12.2. The summed E-state index contributed by atoms with van der Waals surface area (Å²) in [6.45, 7) is 3.78. The van der Waals surface area contributed by atoms with Crippen LogP contribution in [0.15, 0.2) is 12.3 Å². The maximum atomic E-state index is 11.1. The van der Waals surface area contributed by atoms with Gasteiger partial charge in [0.1, 0.15) is 11.4 Å². The molecule has 0 spiro atoms. The van der Waals surface area contributed by atoms with Crippen LogP contribution in [0.3, 0.4) is 0 Å². The van der Waals surface area contributed by atoms with Gasteiger partial charge in [-0.3, -0.25) is 0 Å². The zero-order valence-corrected chi connectivity index (χ0v) is 10.5. The largest absolute Gasteiger partial charge is 0.478 e. The van der Waals surface area contributed by atoms with Gasteiger partial charge in [-0.2, -0.15) is 11.8 Å². The van der Waals surface area contributed by atoms with E-state index in [1.54, 1.807) is 30.9 Å². The Morgan fingerprint density at radius 3 is 2.94 bits per heavy atom. The Morgan fingerprint density at radius 1 is 1.69 bits per heavy atom. The van der Waals surface area contributed by atoms with E-state index in [4.69, 9.17) is 5.11 Å². The first kappa shape index (κ1) is 12.8. The summed E-state index contributed by atoms with van der Waals surface area (Å²) in [4.78, 5) is 15.2. The minimum absolute atomic E-state index is 0.197. The summed E-state index contributed by atoms with van der Waals surface area (Å²) in [7, 11) is 0. The minimum Gasteiger partial charge on any atom is -0.478 e. The molecule has 0 aromatic carbocycles. The van der Waals surface area contributed by atoms with Gasteiger partial charge in [-0.1, -0.05) is 0 Å². The zero-order chi connectivity index (χ0) is 12.1. The Kier molecular flexibility index (Phi) is 4.61. The molecule has 1 rings (SSSR count). The van der Waals surface area contributed by atoms with Crippen molar-refractivity contribution in [2.45, 2.75) is 19.9 Å². The van der Waals surface area contributed by atoms with Crippen LogP contribution in [-0.4, -0.2) is 34.1 Å². The molecular formula is C11H16N2O2S. The van der Waals surface area contributed by atoms with Crippen molar-refractivity contribution in [3.63, 3.8) is 0 Å². The molecule has 0 fully saturated rings. The fraction of sp³-hybridized carbons (Fsp3) is 0.455. The third-order valence-electron chi connectivity index (χ3n) is 2.17. The van der Waals surface area contributed by atoms with Gasteiger partial charge in [0.05, 0.1) is 0 Å². The number of hydrogen-bond acceptors (Lipinski definition) is 4. The molecule has 4 nitrogen and oxygen atoms in total. The quantitative estimate of drug-likeness (QED) is 0.826. The smallest absolute Gasteiger partial charge is 0.339 e. The summed E-state index contributed by atoms with van der Waals surface area (Å²) in [5, 5.41) is 12.2. The second-order valence-electron chi connectivity index (χ2n) is 3.66. The SMILES string of the molecule is CSCC(C)Nc1nccc(C)c1C(=O)O. The van der Waals surface area contributed by atoms with Gasteiger partial charge >= 0.3 is 5.97 Å². The highest BCUT2D eigenvalue weighted by Gasteiger charge is 2.15. The van der Waals surface area contributed by atoms with Crippen molar-refractivity contribution in [3.8, 4) is 0 Å². The Labute approximate surface area is 99.5 Å². The van der Waals surface area contributed by atoms with Gasteiger partial charge in [-0.15, -0.1) is 0 Å². The van der Waals surface area contributed by atoms with Crippen LogP contribution in [-0.2, 0) is 0 Å². The summed E-state index contributed by atoms with van der Waals surface area (Å²) < 4.78 is 0. The molecule has 1 unspecified atom stereocenters. The minimum atomic E-state index is -0.940. The van der Waals surface area contributed by atoms with E-state index in [1.165, 1.54) is 0 Å². The molecule has 0 aliphatic heterocycles. The predicted molar refractivity (Wildman–Crippen MR) is 67.4 cm³/mol. The van der Waals surface area contributed by atoms with Crippen LogP contribution >= 0.6 is 11.8 Å². The van der Waals surface area contributed by atoms with E-state index in [9.17, 15) is 4.79 Å². The highest BCUT2D eigenvalue weighted by atomic mass is 32.2. The number of rotatable bonds is 5. The van der Waals surface area contributed by atoms with E-state index in [0.29, 0.717) is 5.82 Å². The van der Waals surface area contributed by atoms with Crippen molar-refractivity contribution < 1.29 is 9.90 Å². The lowest BCUT2D eigenvalue weighted by atomic mass is 10.1. The monoisotopic (exact) mass is 240 g/mol. The van der Waals surface area contributed by atoms with Crippen LogP contribution in [0.1, 0.15) is 22.8 Å². The number of aromatic carboxylic acids is 1. The van der Waals surface area contributed by atoms with Gasteiger partial charge < -0.3 is 10.4 Å². The molecule has 0 amide bonds. The number of aromatic nitrogens is 1. The molecule has 0 aliphatic rings. The van der Waals surface area contributed by atoms with E-state index in [-0.39, 0.29) is 11.6 Å². The van der Waals surface area contributed by atoms with Crippen molar-refractivity contribution >= 4 is 23.5 Å². The Bertz CT molecular complexity index is 382. The molecule has 0 saturated carbocycles. The number of hydrogen-bond donors (Lipinski definition) is 2. The summed E-state index contributed by atoms with van der Waals surface area (Å²) in [5.74, 6) is 0.424. The first-order valence-electron chi connectivity index (χ1n) is 5.00. The number of carboxylic acids is 1. The van der Waals surface area contributed by atoms with Crippen molar-refractivity contribution in [3.05, 3.63) is 23.4 Å². The standard InChI is InChI=1S/C11H16N2O2S/c1-7-4-5-12-10(9(7)11(14)15)13-8(2)6-16-3/h4-5,8H,6H2,1-3H3,(H,12,13)(H,14,15). The Hall–Kier alpha value is -1.23. The lowest BCUT2D eigenvalue weighted by Crippen LogP contribution is -2.21. The highest BCUT2D eigenvalue weighted by molar-refractivity contribution is 7.98.